The second-order valence-corrected chi connectivity index (χ2v) is 6.90. The predicted octanol–water partition coefficient (Wildman–Crippen LogP) is 1.98. The highest BCUT2D eigenvalue weighted by atomic mass is 32.2. The van der Waals surface area contributed by atoms with Crippen LogP contribution in [-0.2, 0) is 16.3 Å². The lowest BCUT2D eigenvalue weighted by molar-refractivity contribution is 0.598. The lowest BCUT2D eigenvalue weighted by atomic mass is 10.2. The van der Waals surface area contributed by atoms with Crippen molar-refractivity contribution < 1.29 is 8.42 Å². The summed E-state index contributed by atoms with van der Waals surface area (Å²) in [4.78, 5) is 8.39. The highest BCUT2D eigenvalue weighted by Crippen LogP contribution is 2.31. The Morgan fingerprint density at radius 1 is 1.25 bits per heavy atom. The van der Waals surface area contributed by atoms with Crippen LogP contribution in [0.2, 0.25) is 0 Å². The zero-order chi connectivity index (χ0) is 14.2. The number of aryl methyl sites for hydroxylation is 1. The second-order valence-electron chi connectivity index (χ2n) is 4.94. The van der Waals surface area contributed by atoms with Crippen LogP contribution in [-0.4, -0.2) is 24.6 Å². The molecule has 0 saturated heterocycles. The summed E-state index contributed by atoms with van der Waals surface area (Å²) in [5.74, 6) is 0. The van der Waals surface area contributed by atoms with Crippen molar-refractivity contribution in [3.8, 4) is 0 Å². The van der Waals surface area contributed by atoms with Gasteiger partial charge in [0.1, 0.15) is 0 Å². The van der Waals surface area contributed by atoms with E-state index < -0.39 is 9.84 Å². The highest BCUT2D eigenvalue weighted by Gasteiger charge is 2.23. The van der Waals surface area contributed by atoms with Gasteiger partial charge in [0, 0.05) is 12.5 Å². The van der Waals surface area contributed by atoms with Gasteiger partial charge in [-0.3, -0.25) is 4.98 Å². The Bertz CT molecular complexity index is 726. The molecule has 0 fully saturated rings. The summed E-state index contributed by atoms with van der Waals surface area (Å²) in [6, 6.07) is 7.46. The number of rotatable bonds is 3. The lowest BCUT2D eigenvalue weighted by Gasteiger charge is -2.14. The topological polar surface area (TPSA) is 72.0 Å². The van der Waals surface area contributed by atoms with E-state index in [1.807, 2.05) is 6.07 Å². The average Bonchev–Trinajstić information content (AvgIpc) is 2.82. The Labute approximate surface area is 118 Å². The number of fused-ring (bicyclic) bond motifs is 1. The van der Waals surface area contributed by atoms with E-state index in [1.165, 1.54) is 11.6 Å². The average molecular weight is 289 g/mol. The van der Waals surface area contributed by atoms with E-state index in [0.717, 1.165) is 30.5 Å². The maximum absolute atomic E-state index is 11.4. The van der Waals surface area contributed by atoms with Gasteiger partial charge < -0.3 is 5.32 Å². The molecule has 0 bridgehead atoms. The fourth-order valence-corrected chi connectivity index (χ4v) is 3.00. The van der Waals surface area contributed by atoms with Crippen LogP contribution in [0, 0.1) is 0 Å². The number of hydrogen-bond donors (Lipinski definition) is 1. The number of sulfone groups is 1. The summed E-state index contributed by atoms with van der Waals surface area (Å²) < 4.78 is 22.7. The number of nitrogens with zero attached hydrogens (tertiary/aromatic N) is 2. The molecule has 0 spiro atoms. The van der Waals surface area contributed by atoms with Gasteiger partial charge in [0.05, 0.1) is 23.6 Å². The highest BCUT2D eigenvalue weighted by molar-refractivity contribution is 7.90. The number of nitrogens with one attached hydrogen (secondary N) is 1. The Hall–Kier alpha value is -1.95. The van der Waals surface area contributed by atoms with Crippen molar-refractivity contribution >= 4 is 15.5 Å². The molecule has 2 aromatic rings. The fourth-order valence-electron chi connectivity index (χ4n) is 2.44. The molecule has 2 aromatic heterocycles. The van der Waals surface area contributed by atoms with E-state index in [1.54, 1.807) is 18.5 Å². The van der Waals surface area contributed by atoms with Crippen LogP contribution in [0.5, 0.6) is 0 Å². The molecule has 0 aliphatic heterocycles. The summed E-state index contributed by atoms with van der Waals surface area (Å²) in [5.41, 5.74) is 3.14. The quantitative estimate of drug-likeness (QED) is 0.935. The van der Waals surface area contributed by atoms with Crippen molar-refractivity contribution in [3.63, 3.8) is 0 Å². The first kappa shape index (κ1) is 13.1. The molecule has 1 aliphatic carbocycles. The Morgan fingerprint density at radius 3 is 2.80 bits per heavy atom. The van der Waals surface area contributed by atoms with Gasteiger partial charge in [0.15, 0.2) is 14.9 Å². The van der Waals surface area contributed by atoms with Gasteiger partial charge in [-0.2, -0.15) is 0 Å². The molecule has 0 saturated carbocycles. The predicted molar refractivity (Wildman–Crippen MR) is 76.3 cm³/mol. The van der Waals surface area contributed by atoms with Crippen molar-refractivity contribution in [1.29, 1.82) is 0 Å². The molecule has 1 atom stereocenters. The standard InChI is InChI=1S/C14H15N3O2S/c1-20(18,19)13-7-5-11(9-16-13)17-12-6-4-10-3-2-8-15-14(10)12/h2-3,5,7-9,12,17H,4,6H2,1H3. The van der Waals surface area contributed by atoms with Gasteiger partial charge in [0.2, 0.25) is 0 Å². The van der Waals surface area contributed by atoms with E-state index in [4.69, 9.17) is 0 Å². The molecule has 5 nitrogen and oxygen atoms in total. The normalized spacial score (nSPS) is 17.8. The number of aromatic nitrogens is 2. The largest absolute Gasteiger partial charge is 0.375 e. The molecular weight excluding hydrogens is 274 g/mol. The molecule has 1 unspecified atom stereocenters. The van der Waals surface area contributed by atoms with Crippen LogP contribution >= 0.6 is 0 Å². The van der Waals surface area contributed by atoms with E-state index in [9.17, 15) is 8.42 Å². The van der Waals surface area contributed by atoms with Crippen molar-refractivity contribution in [2.24, 2.45) is 0 Å². The van der Waals surface area contributed by atoms with E-state index in [0.29, 0.717) is 0 Å². The lowest BCUT2D eigenvalue weighted by Crippen LogP contribution is -2.09. The van der Waals surface area contributed by atoms with Gasteiger partial charge in [-0.05, 0) is 36.6 Å². The van der Waals surface area contributed by atoms with Crippen molar-refractivity contribution in [2.45, 2.75) is 23.9 Å². The van der Waals surface area contributed by atoms with Crippen LogP contribution in [0.4, 0.5) is 5.69 Å². The van der Waals surface area contributed by atoms with E-state index >= 15 is 0 Å². The van der Waals surface area contributed by atoms with Crippen molar-refractivity contribution in [1.82, 2.24) is 9.97 Å². The molecule has 0 aromatic carbocycles. The van der Waals surface area contributed by atoms with Crippen molar-refractivity contribution in [2.75, 3.05) is 11.6 Å². The maximum atomic E-state index is 11.4. The number of anilines is 1. The molecule has 3 rings (SSSR count). The fraction of sp³-hybridized carbons (Fsp3) is 0.286. The molecule has 2 heterocycles. The first-order valence-corrected chi connectivity index (χ1v) is 8.29. The maximum Gasteiger partial charge on any atom is 0.192 e. The minimum atomic E-state index is -3.25. The first-order chi connectivity index (χ1) is 9.54. The van der Waals surface area contributed by atoms with Gasteiger partial charge in [0.25, 0.3) is 0 Å². The minimum Gasteiger partial charge on any atom is -0.375 e. The third kappa shape index (κ3) is 2.51. The van der Waals surface area contributed by atoms with Gasteiger partial charge in [-0.15, -0.1) is 0 Å². The summed E-state index contributed by atoms with van der Waals surface area (Å²) >= 11 is 0. The van der Waals surface area contributed by atoms with Gasteiger partial charge in [-0.1, -0.05) is 6.07 Å². The van der Waals surface area contributed by atoms with E-state index in [2.05, 4.69) is 21.4 Å². The Morgan fingerprint density at radius 2 is 2.10 bits per heavy atom. The van der Waals surface area contributed by atoms with E-state index in [-0.39, 0.29) is 11.1 Å². The zero-order valence-corrected chi connectivity index (χ0v) is 11.9. The molecule has 20 heavy (non-hydrogen) atoms. The molecule has 104 valence electrons. The second kappa shape index (κ2) is 4.86. The Balaban J connectivity index is 1.80. The Kier molecular flexibility index (Phi) is 3.17. The van der Waals surface area contributed by atoms with Crippen LogP contribution in [0.3, 0.4) is 0 Å². The molecule has 1 aliphatic rings. The molecular formula is C14H15N3O2S. The number of pyridine rings is 2. The molecule has 6 heteroatoms. The van der Waals surface area contributed by atoms with Gasteiger partial charge >= 0.3 is 0 Å². The molecule has 0 amide bonds. The third-order valence-electron chi connectivity index (χ3n) is 3.42. The van der Waals surface area contributed by atoms with Crippen molar-refractivity contribution in [3.05, 3.63) is 47.9 Å². The SMILES string of the molecule is CS(=O)(=O)c1ccc(NC2CCc3cccnc32)cn1. The summed E-state index contributed by atoms with van der Waals surface area (Å²) in [7, 11) is -3.25. The smallest absolute Gasteiger partial charge is 0.192 e. The van der Waals surface area contributed by atoms with Crippen LogP contribution in [0.25, 0.3) is 0 Å². The monoisotopic (exact) mass is 289 g/mol. The van der Waals surface area contributed by atoms with Crippen LogP contribution < -0.4 is 5.32 Å². The third-order valence-corrected chi connectivity index (χ3v) is 4.42. The summed E-state index contributed by atoms with van der Waals surface area (Å²) in [6.07, 6.45) is 6.50. The molecule has 1 N–H and O–H groups in total. The van der Waals surface area contributed by atoms with Gasteiger partial charge in [-0.25, -0.2) is 13.4 Å². The molecule has 0 radical (unpaired) electrons. The van der Waals surface area contributed by atoms with Crippen LogP contribution in [0.1, 0.15) is 23.7 Å². The summed E-state index contributed by atoms with van der Waals surface area (Å²) in [5, 5.41) is 3.45. The first-order valence-electron chi connectivity index (χ1n) is 6.40. The number of hydrogen-bond acceptors (Lipinski definition) is 5. The minimum absolute atomic E-state index is 0.0907. The van der Waals surface area contributed by atoms with Crippen LogP contribution in [0.15, 0.2) is 41.7 Å². The zero-order valence-electron chi connectivity index (χ0n) is 11.1. The summed E-state index contributed by atoms with van der Waals surface area (Å²) in [6.45, 7) is 0.